The first-order chi connectivity index (χ1) is 16.1. The summed E-state index contributed by atoms with van der Waals surface area (Å²) in [6.45, 7) is 3.98. The standard InChI is InChI=1S/C24H22BN5O4/c1-24(2,25)30-8-7-13-9-14(11-26-20(13)30)21(32)27-16-3-4-17-15(10-16)12-29(23(17)34)18-5-6-19(31)28-22(18)33/h3-4,7-11,18H,5-6,12H2,1-2H3,(H,27,32)(H,28,31,33). The van der Waals surface area contributed by atoms with E-state index in [-0.39, 0.29) is 30.7 Å². The highest BCUT2D eigenvalue weighted by atomic mass is 16.2. The van der Waals surface area contributed by atoms with Gasteiger partial charge < -0.3 is 14.8 Å². The Balaban J connectivity index is 1.33. The van der Waals surface area contributed by atoms with Gasteiger partial charge in [-0.2, -0.15) is 0 Å². The van der Waals surface area contributed by atoms with Crippen LogP contribution in [0.1, 0.15) is 53.0 Å². The predicted octanol–water partition coefficient (Wildman–Crippen LogP) is 1.91. The van der Waals surface area contributed by atoms with Crippen molar-refractivity contribution >= 4 is 48.2 Å². The molecule has 1 atom stereocenters. The van der Waals surface area contributed by atoms with Gasteiger partial charge in [0.2, 0.25) is 11.8 Å². The average molecular weight is 455 g/mol. The minimum Gasteiger partial charge on any atom is -0.336 e. The molecular weight excluding hydrogens is 433 g/mol. The molecule has 10 heteroatoms. The Kier molecular flexibility index (Phi) is 5.04. The van der Waals surface area contributed by atoms with Crippen LogP contribution in [0.5, 0.6) is 0 Å². The van der Waals surface area contributed by atoms with Crippen LogP contribution in [0.15, 0.2) is 42.7 Å². The summed E-state index contributed by atoms with van der Waals surface area (Å²) in [5, 5.41) is 5.93. The summed E-state index contributed by atoms with van der Waals surface area (Å²) in [5.74, 6) is -1.38. The number of pyridine rings is 1. The Morgan fingerprint density at radius 1 is 1.21 bits per heavy atom. The monoisotopic (exact) mass is 455 g/mol. The number of aromatic nitrogens is 2. The molecular formula is C24H22BN5O4. The van der Waals surface area contributed by atoms with Gasteiger partial charge in [0, 0.05) is 47.4 Å². The molecule has 5 rings (SSSR count). The van der Waals surface area contributed by atoms with Crippen molar-refractivity contribution in [3.63, 3.8) is 0 Å². The lowest BCUT2D eigenvalue weighted by Crippen LogP contribution is -2.52. The number of nitrogens with zero attached hydrogens (tertiary/aromatic N) is 3. The molecule has 1 aromatic carbocycles. The summed E-state index contributed by atoms with van der Waals surface area (Å²) in [4.78, 5) is 55.2. The first-order valence-electron chi connectivity index (χ1n) is 11.0. The van der Waals surface area contributed by atoms with Crippen LogP contribution >= 0.6 is 0 Å². The molecule has 3 aromatic rings. The SMILES string of the molecule is [B]C(C)(C)n1ccc2cc(C(=O)Nc3ccc4c(c3)CN(C3CCC(=O)NC3=O)C4=O)cnc21. The van der Waals surface area contributed by atoms with Gasteiger partial charge in [-0.1, -0.05) is 13.8 Å². The summed E-state index contributed by atoms with van der Waals surface area (Å²) in [5.41, 5.74) is 2.18. The molecule has 34 heavy (non-hydrogen) atoms. The lowest BCUT2D eigenvalue weighted by Gasteiger charge is -2.29. The maximum atomic E-state index is 12.9. The number of imide groups is 1. The van der Waals surface area contributed by atoms with Crippen molar-refractivity contribution in [1.29, 1.82) is 0 Å². The van der Waals surface area contributed by atoms with Crippen molar-refractivity contribution in [2.45, 2.75) is 44.7 Å². The third-order valence-corrected chi connectivity index (χ3v) is 6.19. The van der Waals surface area contributed by atoms with Crippen LogP contribution in [0.2, 0.25) is 0 Å². The normalized spacial score (nSPS) is 18.2. The minimum atomic E-state index is -0.681. The molecule has 2 aliphatic rings. The molecule has 0 bridgehead atoms. The van der Waals surface area contributed by atoms with E-state index in [9.17, 15) is 19.2 Å². The molecule has 1 saturated heterocycles. The lowest BCUT2D eigenvalue weighted by molar-refractivity contribution is -0.136. The lowest BCUT2D eigenvalue weighted by atomic mass is 9.81. The van der Waals surface area contributed by atoms with E-state index in [1.807, 2.05) is 30.7 Å². The summed E-state index contributed by atoms with van der Waals surface area (Å²) in [6, 6.07) is 7.96. The molecule has 4 amide bonds. The van der Waals surface area contributed by atoms with Crippen molar-refractivity contribution in [2.75, 3.05) is 5.32 Å². The fourth-order valence-corrected chi connectivity index (χ4v) is 4.47. The van der Waals surface area contributed by atoms with Gasteiger partial charge in [-0.3, -0.25) is 24.5 Å². The number of nitrogens with one attached hydrogen (secondary N) is 2. The third kappa shape index (κ3) is 3.74. The second kappa shape index (κ2) is 7.83. The van der Waals surface area contributed by atoms with Gasteiger partial charge in [-0.15, -0.1) is 0 Å². The number of hydrogen-bond acceptors (Lipinski definition) is 5. The summed E-state index contributed by atoms with van der Waals surface area (Å²) < 4.78 is 1.84. The van der Waals surface area contributed by atoms with Crippen molar-refractivity contribution in [2.24, 2.45) is 0 Å². The van der Waals surface area contributed by atoms with E-state index in [0.29, 0.717) is 34.4 Å². The molecule has 2 N–H and O–H groups in total. The van der Waals surface area contributed by atoms with Crippen molar-refractivity contribution in [3.8, 4) is 0 Å². The highest BCUT2D eigenvalue weighted by molar-refractivity contribution is 6.13. The van der Waals surface area contributed by atoms with Crippen LogP contribution in [-0.4, -0.2) is 52.0 Å². The molecule has 0 saturated carbocycles. The Morgan fingerprint density at radius 2 is 2.00 bits per heavy atom. The Hall–Kier alpha value is -3.95. The highest BCUT2D eigenvalue weighted by Crippen LogP contribution is 2.30. The quantitative estimate of drug-likeness (QED) is 0.461. The van der Waals surface area contributed by atoms with E-state index in [4.69, 9.17) is 7.85 Å². The number of rotatable bonds is 4. The Bertz CT molecular complexity index is 1370. The average Bonchev–Trinajstić information content (AvgIpc) is 3.34. The van der Waals surface area contributed by atoms with Gasteiger partial charge >= 0.3 is 0 Å². The summed E-state index contributed by atoms with van der Waals surface area (Å²) in [6.07, 6.45) is 3.83. The zero-order valence-corrected chi connectivity index (χ0v) is 18.8. The number of carbonyl (C=O) groups is 4. The number of fused-ring (bicyclic) bond motifs is 2. The van der Waals surface area contributed by atoms with Crippen molar-refractivity contribution < 1.29 is 19.2 Å². The second-order valence-electron chi connectivity index (χ2n) is 9.20. The zero-order chi connectivity index (χ0) is 24.2. The molecule has 1 fully saturated rings. The van der Waals surface area contributed by atoms with Crippen molar-refractivity contribution in [1.82, 2.24) is 19.8 Å². The topological polar surface area (TPSA) is 113 Å². The van der Waals surface area contributed by atoms with Gasteiger partial charge in [0.25, 0.3) is 11.8 Å². The number of carbonyl (C=O) groups excluding carboxylic acids is 4. The number of benzene rings is 1. The molecule has 170 valence electrons. The van der Waals surface area contributed by atoms with E-state index in [2.05, 4.69) is 15.6 Å². The maximum Gasteiger partial charge on any atom is 0.257 e. The summed E-state index contributed by atoms with van der Waals surface area (Å²) >= 11 is 0. The first-order valence-corrected chi connectivity index (χ1v) is 11.0. The van der Waals surface area contributed by atoms with Crippen LogP contribution in [0.25, 0.3) is 11.0 Å². The molecule has 2 radical (unpaired) electrons. The molecule has 2 aromatic heterocycles. The molecule has 2 aliphatic heterocycles. The Labute approximate surface area is 196 Å². The van der Waals surface area contributed by atoms with Gasteiger partial charge in [0.1, 0.15) is 19.5 Å². The first kappa shape index (κ1) is 21.9. The van der Waals surface area contributed by atoms with E-state index >= 15 is 0 Å². The van der Waals surface area contributed by atoms with Crippen LogP contribution in [-0.2, 0) is 21.6 Å². The third-order valence-electron chi connectivity index (χ3n) is 6.19. The maximum absolute atomic E-state index is 12.9. The van der Waals surface area contributed by atoms with E-state index < -0.39 is 17.4 Å². The Morgan fingerprint density at radius 3 is 2.74 bits per heavy atom. The molecule has 0 aliphatic carbocycles. The van der Waals surface area contributed by atoms with Crippen LogP contribution in [0.4, 0.5) is 5.69 Å². The zero-order valence-electron chi connectivity index (χ0n) is 18.8. The van der Waals surface area contributed by atoms with Crippen LogP contribution in [0.3, 0.4) is 0 Å². The second-order valence-corrected chi connectivity index (χ2v) is 9.20. The largest absolute Gasteiger partial charge is 0.336 e. The van der Waals surface area contributed by atoms with Crippen molar-refractivity contribution in [3.05, 3.63) is 59.4 Å². The highest BCUT2D eigenvalue weighted by Gasteiger charge is 2.39. The smallest absolute Gasteiger partial charge is 0.257 e. The fourth-order valence-electron chi connectivity index (χ4n) is 4.47. The van der Waals surface area contributed by atoms with E-state index in [1.54, 1.807) is 24.3 Å². The number of hydrogen-bond donors (Lipinski definition) is 2. The number of amides is 4. The summed E-state index contributed by atoms with van der Waals surface area (Å²) in [7, 11) is 6.17. The fraction of sp³-hybridized carbons (Fsp3) is 0.292. The van der Waals surface area contributed by atoms with Gasteiger partial charge in [-0.25, -0.2) is 4.98 Å². The number of anilines is 1. The molecule has 0 spiro atoms. The van der Waals surface area contributed by atoms with Gasteiger partial charge in [0.05, 0.1) is 5.56 Å². The van der Waals surface area contributed by atoms with E-state index in [0.717, 1.165) is 5.39 Å². The molecule has 4 heterocycles. The van der Waals surface area contributed by atoms with Crippen LogP contribution < -0.4 is 10.6 Å². The number of piperidine rings is 1. The van der Waals surface area contributed by atoms with Crippen LogP contribution in [0, 0.1) is 0 Å². The van der Waals surface area contributed by atoms with Gasteiger partial charge in [0.15, 0.2) is 0 Å². The molecule has 1 unspecified atom stereocenters. The molecule has 9 nitrogen and oxygen atoms in total. The van der Waals surface area contributed by atoms with Gasteiger partial charge in [-0.05, 0) is 42.3 Å². The van der Waals surface area contributed by atoms with E-state index in [1.165, 1.54) is 11.1 Å². The minimum absolute atomic E-state index is 0.197. The predicted molar refractivity (Wildman–Crippen MR) is 125 cm³/mol.